The minimum absolute atomic E-state index is 0.625. The molecule has 0 bridgehead atoms. The highest BCUT2D eigenvalue weighted by Gasteiger charge is 2.25. The van der Waals surface area contributed by atoms with Gasteiger partial charge in [0.25, 0.3) is 0 Å². The van der Waals surface area contributed by atoms with E-state index in [1.165, 1.54) is 43.6 Å². The van der Waals surface area contributed by atoms with E-state index in [2.05, 4.69) is 11.8 Å². The highest BCUT2D eigenvalue weighted by molar-refractivity contribution is 7.99. The molecule has 0 aromatic carbocycles. The summed E-state index contributed by atoms with van der Waals surface area (Å²) in [6, 6.07) is 0. The summed E-state index contributed by atoms with van der Waals surface area (Å²) < 4.78 is 5.81. The summed E-state index contributed by atoms with van der Waals surface area (Å²) in [7, 11) is 0. The fourth-order valence-corrected chi connectivity index (χ4v) is 3.37. The molecule has 70 valence electrons. The maximum atomic E-state index is 5.81. The summed E-state index contributed by atoms with van der Waals surface area (Å²) >= 11 is 2.11. The van der Waals surface area contributed by atoms with Gasteiger partial charge in [0, 0.05) is 6.61 Å². The summed E-state index contributed by atoms with van der Waals surface area (Å²) in [6.07, 6.45) is 7.44. The molecule has 2 rings (SSSR count). The fourth-order valence-electron chi connectivity index (χ4n) is 2.23. The van der Waals surface area contributed by atoms with Crippen molar-refractivity contribution in [3.05, 3.63) is 0 Å². The molecule has 0 aromatic rings. The van der Waals surface area contributed by atoms with E-state index in [4.69, 9.17) is 4.74 Å². The number of rotatable bonds is 1. The predicted octanol–water partition coefficient (Wildman–Crippen LogP) is 2.70. The minimum atomic E-state index is 0.625. The average molecular weight is 186 g/mol. The van der Waals surface area contributed by atoms with Gasteiger partial charge in [-0.2, -0.15) is 11.8 Å². The van der Waals surface area contributed by atoms with Crippen LogP contribution in [0.1, 0.15) is 32.1 Å². The minimum Gasteiger partial charge on any atom is -0.378 e. The van der Waals surface area contributed by atoms with Crippen molar-refractivity contribution in [3.63, 3.8) is 0 Å². The average Bonchev–Trinajstić information content (AvgIpc) is 2.21. The normalized spacial score (nSPS) is 33.5. The van der Waals surface area contributed by atoms with E-state index < -0.39 is 0 Å². The molecule has 0 aromatic heterocycles. The molecule has 0 N–H and O–H groups in total. The molecule has 1 atom stereocenters. The summed E-state index contributed by atoms with van der Waals surface area (Å²) in [5.41, 5.74) is 0. The molecule has 2 aliphatic heterocycles. The second-order valence-electron chi connectivity index (χ2n) is 3.85. The molecule has 2 fully saturated rings. The van der Waals surface area contributed by atoms with Gasteiger partial charge in [-0.1, -0.05) is 0 Å². The Morgan fingerprint density at radius 3 is 2.50 bits per heavy atom. The Kier molecular flexibility index (Phi) is 3.35. The van der Waals surface area contributed by atoms with E-state index >= 15 is 0 Å². The van der Waals surface area contributed by atoms with Crippen molar-refractivity contribution < 1.29 is 4.74 Å². The van der Waals surface area contributed by atoms with E-state index in [-0.39, 0.29) is 0 Å². The molecule has 2 heterocycles. The Balaban J connectivity index is 1.80. The maximum Gasteiger partial charge on any atom is 0.0603 e. The number of hydrogen-bond acceptors (Lipinski definition) is 2. The van der Waals surface area contributed by atoms with E-state index in [9.17, 15) is 0 Å². The molecule has 0 radical (unpaired) electrons. The summed E-state index contributed by atoms with van der Waals surface area (Å²) in [6.45, 7) is 1.02. The summed E-state index contributed by atoms with van der Waals surface area (Å²) in [5, 5.41) is 0. The van der Waals surface area contributed by atoms with E-state index in [1.54, 1.807) is 0 Å². The van der Waals surface area contributed by atoms with Gasteiger partial charge in [0.2, 0.25) is 0 Å². The number of hydrogen-bond donors (Lipinski definition) is 0. The molecular weight excluding hydrogens is 168 g/mol. The lowest BCUT2D eigenvalue weighted by atomic mass is 9.91. The molecule has 2 saturated heterocycles. The molecule has 1 nitrogen and oxygen atoms in total. The van der Waals surface area contributed by atoms with Crippen molar-refractivity contribution in [2.45, 2.75) is 38.2 Å². The summed E-state index contributed by atoms with van der Waals surface area (Å²) in [4.78, 5) is 0. The van der Waals surface area contributed by atoms with Crippen LogP contribution < -0.4 is 0 Å². The van der Waals surface area contributed by atoms with Crippen molar-refractivity contribution in [2.24, 2.45) is 5.92 Å². The third-order valence-electron chi connectivity index (χ3n) is 3.01. The first-order valence-corrected chi connectivity index (χ1v) is 6.31. The van der Waals surface area contributed by atoms with Crippen molar-refractivity contribution in [3.8, 4) is 0 Å². The fraction of sp³-hybridized carbons (Fsp3) is 1.00. The molecule has 2 aliphatic rings. The van der Waals surface area contributed by atoms with Crippen LogP contribution in [0.3, 0.4) is 0 Å². The molecule has 12 heavy (non-hydrogen) atoms. The van der Waals surface area contributed by atoms with Gasteiger partial charge < -0.3 is 4.74 Å². The number of ether oxygens (including phenoxy) is 1. The Hall–Kier alpha value is 0.310. The highest BCUT2D eigenvalue weighted by Crippen LogP contribution is 2.30. The van der Waals surface area contributed by atoms with Gasteiger partial charge >= 0.3 is 0 Å². The number of thioether (sulfide) groups is 1. The Bertz CT molecular complexity index is 110. The summed E-state index contributed by atoms with van der Waals surface area (Å²) in [5.74, 6) is 3.63. The first kappa shape index (κ1) is 8.89. The van der Waals surface area contributed by atoms with Gasteiger partial charge in [-0.25, -0.2) is 0 Å². The Morgan fingerprint density at radius 1 is 1.00 bits per heavy atom. The second-order valence-corrected chi connectivity index (χ2v) is 5.08. The van der Waals surface area contributed by atoms with Crippen LogP contribution in [0.4, 0.5) is 0 Å². The standard InChI is InChI=1S/C10H18OS/c1-2-6-11-10(3-1)9-4-7-12-8-5-9/h9-10H,1-8H2. The van der Waals surface area contributed by atoms with Gasteiger partial charge in [-0.15, -0.1) is 0 Å². The maximum absolute atomic E-state index is 5.81. The van der Waals surface area contributed by atoms with Crippen LogP contribution in [0.15, 0.2) is 0 Å². The SMILES string of the molecule is C1CCC(C2CCSCC2)OC1. The van der Waals surface area contributed by atoms with Gasteiger partial charge in [-0.05, 0) is 49.5 Å². The van der Waals surface area contributed by atoms with Crippen molar-refractivity contribution in [1.82, 2.24) is 0 Å². The monoisotopic (exact) mass is 186 g/mol. The van der Waals surface area contributed by atoms with Crippen molar-refractivity contribution in [2.75, 3.05) is 18.1 Å². The Labute approximate surface area is 79.2 Å². The largest absolute Gasteiger partial charge is 0.378 e. The zero-order valence-corrected chi connectivity index (χ0v) is 8.44. The predicted molar refractivity (Wildman–Crippen MR) is 53.6 cm³/mol. The first-order valence-electron chi connectivity index (χ1n) is 5.16. The lowest BCUT2D eigenvalue weighted by molar-refractivity contribution is -0.0229. The smallest absolute Gasteiger partial charge is 0.0603 e. The molecule has 0 amide bonds. The Morgan fingerprint density at radius 2 is 1.83 bits per heavy atom. The van der Waals surface area contributed by atoms with Crippen LogP contribution in [0, 0.1) is 5.92 Å². The second kappa shape index (κ2) is 4.52. The molecule has 0 saturated carbocycles. The third kappa shape index (κ3) is 2.17. The van der Waals surface area contributed by atoms with Crippen LogP contribution in [-0.2, 0) is 4.74 Å². The van der Waals surface area contributed by atoms with Crippen molar-refractivity contribution >= 4 is 11.8 Å². The topological polar surface area (TPSA) is 9.23 Å². The molecule has 1 unspecified atom stereocenters. The third-order valence-corrected chi connectivity index (χ3v) is 4.06. The van der Waals surface area contributed by atoms with Crippen LogP contribution in [0.25, 0.3) is 0 Å². The zero-order valence-electron chi connectivity index (χ0n) is 7.63. The first-order chi connectivity index (χ1) is 5.97. The molecule has 0 spiro atoms. The van der Waals surface area contributed by atoms with Crippen LogP contribution in [0.2, 0.25) is 0 Å². The molecular formula is C10H18OS. The van der Waals surface area contributed by atoms with Crippen molar-refractivity contribution in [1.29, 1.82) is 0 Å². The van der Waals surface area contributed by atoms with Gasteiger partial charge in [-0.3, -0.25) is 0 Å². The lowest BCUT2D eigenvalue weighted by Crippen LogP contribution is -2.30. The molecule has 0 aliphatic carbocycles. The van der Waals surface area contributed by atoms with E-state index in [0.29, 0.717) is 6.10 Å². The van der Waals surface area contributed by atoms with Crippen LogP contribution >= 0.6 is 11.8 Å². The zero-order chi connectivity index (χ0) is 8.23. The van der Waals surface area contributed by atoms with E-state index in [1.807, 2.05) is 0 Å². The molecule has 2 heteroatoms. The quantitative estimate of drug-likeness (QED) is 0.622. The van der Waals surface area contributed by atoms with Crippen LogP contribution in [-0.4, -0.2) is 24.2 Å². The lowest BCUT2D eigenvalue weighted by Gasteiger charge is -2.32. The van der Waals surface area contributed by atoms with Gasteiger partial charge in [0.15, 0.2) is 0 Å². The van der Waals surface area contributed by atoms with E-state index in [0.717, 1.165) is 12.5 Å². The highest BCUT2D eigenvalue weighted by atomic mass is 32.2. The van der Waals surface area contributed by atoms with Crippen LogP contribution in [0.5, 0.6) is 0 Å². The van der Waals surface area contributed by atoms with Gasteiger partial charge in [0.1, 0.15) is 0 Å². The van der Waals surface area contributed by atoms with Gasteiger partial charge in [0.05, 0.1) is 6.10 Å².